The van der Waals surface area contributed by atoms with E-state index in [4.69, 9.17) is 0 Å². The summed E-state index contributed by atoms with van der Waals surface area (Å²) in [4.78, 5) is 24.0. The third-order valence-electron chi connectivity index (χ3n) is 4.61. The highest BCUT2D eigenvalue weighted by Gasteiger charge is 2.20. The second-order valence-electron chi connectivity index (χ2n) is 7.71. The van der Waals surface area contributed by atoms with E-state index in [-0.39, 0.29) is 5.41 Å². The Kier molecular flexibility index (Phi) is 5.11. The van der Waals surface area contributed by atoms with Gasteiger partial charge in [0.1, 0.15) is 17.5 Å². The molecular weight excluding hydrogens is 326 g/mol. The minimum absolute atomic E-state index is 0.0413. The molecule has 6 heteroatoms. The van der Waals surface area contributed by atoms with Crippen LogP contribution < -0.4 is 10.2 Å². The molecule has 2 aromatic rings. The third kappa shape index (κ3) is 4.12. The number of carbonyl (C=O) groups is 1. The Morgan fingerprint density at radius 3 is 2.42 bits per heavy atom. The summed E-state index contributed by atoms with van der Waals surface area (Å²) in [6.45, 7) is 11.5. The summed E-state index contributed by atoms with van der Waals surface area (Å²) in [6.07, 6.45) is 0.916. The molecule has 1 aromatic carbocycles. The molecule has 0 bridgehead atoms. The lowest BCUT2D eigenvalue weighted by atomic mass is 9.86. The molecule has 1 aliphatic rings. The van der Waals surface area contributed by atoms with Crippen molar-refractivity contribution in [3.63, 3.8) is 0 Å². The van der Waals surface area contributed by atoms with Gasteiger partial charge in [0.15, 0.2) is 0 Å². The fourth-order valence-electron chi connectivity index (χ4n) is 3.22. The Morgan fingerprint density at radius 2 is 1.77 bits per heavy atom. The molecule has 1 aliphatic heterocycles. The molecule has 1 aromatic heterocycles. The fourth-order valence-corrected chi connectivity index (χ4v) is 3.22. The van der Waals surface area contributed by atoms with E-state index in [1.165, 1.54) is 5.56 Å². The molecule has 0 aliphatic carbocycles. The number of nitrogens with one attached hydrogen (secondary N) is 1. The van der Waals surface area contributed by atoms with Gasteiger partial charge in [-0.3, -0.25) is 4.79 Å². The maximum Gasteiger partial charge on any atom is 0.209 e. The number of carbonyl (C=O) groups excluding carboxylic acids is 1. The number of rotatable bonds is 4. The number of benzene rings is 1. The maximum absolute atomic E-state index is 10.9. The molecule has 26 heavy (non-hydrogen) atoms. The number of hydrogen-bond donors (Lipinski definition) is 1. The Bertz CT molecular complexity index is 776. The van der Waals surface area contributed by atoms with Crippen LogP contribution >= 0.6 is 0 Å². The largest absolute Gasteiger partial charge is 0.353 e. The van der Waals surface area contributed by atoms with Crippen molar-refractivity contribution in [3.8, 4) is 0 Å². The number of nitrogens with zero attached hydrogens (tertiary/aromatic N) is 4. The quantitative estimate of drug-likeness (QED) is 0.856. The van der Waals surface area contributed by atoms with Crippen LogP contribution in [-0.2, 0) is 10.2 Å². The number of amides is 1. The van der Waals surface area contributed by atoms with E-state index in [1.54, 1.807) is 4.90 Å². The topological polar surface area (TPSA) is 61.4 Å². The van der Waals surface area contributed by atoms with Crippen molar-refractivity contribution >= 4 is 23.7 Å². The predicted molar refractivity (Wildman–Crippen MR) is 105 cm³/mol. The molecule has 1 N–H and O–H groups in total. The second-order valence-corrected chi connectivity index (χ2v) is 7.71. The van der Waals surface area contributed by atoms with Crippen LogP contribution in [0.5, 0.6) is 0 Å². The highest BCUT2D eigenvalue weighted by Crippen LogP contribution is 2.31. The first-order valence-corrected chi connectivity index (χ1v) is 9.03. The average Bonchev–Trinajstić information content (AvgIpc) is 2.61. The predicted octanol–water partition coefficient (Wildman–Crippen LogP) is 3.10. The van der Waals surface area contributed by atoms with Gasteiger partial charge < -0.3 is 15.1 Å². The standard InChI is InChI=1S/C20H27N5O/c1-15-21-18(23-17-8-6-5-7-16(17)20(2,3)4)13-19(22-15)25-11-9-24(14-26)10-12-25/h5-8,13-14H,9-12H2,1-4H3,(H,21,22,23). The van der Waals surface area contributed by atoms with E-state index in [2.05, 4.69) is 59.2 Å². The summed E-state index contributed by atoms with van der Waals surface area (Å²) < 4.78 is 0. The Hall–Kier alpha value is -2.63. The third-order valence-corrected chi connectivity index (χ3v) is 4.61. The highest BCUT2D eigenvalue weighted by molar-refractivity contribution is 5.64. The lowest BCUT2D eigenvalue weighted by Gasteiger charge is -2.33. The van der Waals surface area contributed by atoms with E-state index in [0.29, 0.717) is 0 Å². The number of para-hydroxylation sites is 1. The van der Waals surface area contributed by atoms with Crippen LogP contribution in [0, 0.1) is 6.92 Å². The minimum Gasteiger partial charge on any atom is -0.353 e. The molecule has 3 rings (SSSR count). The van der Waals surface area contributed by atoms with Crippen molar-refractivity contribution in [3.05, 3.63) is 41.7 Å². The van der Waals surface area contributed by atoms with Crippen molar-refractivity contribution in [2.24, 2.45) is 0 Å². The van der Waals surface area contributed by atoms with E-state index < -0.39 is 0 Å². The molecular formula is C20H27N5O. The van der Waals surface area contributed by atoms with Crippen LogP contribution in [0.15, 0.2) is 30.3 Å². The summed E-state index contributed by atoms with van der Waals surface area (Å²) >= 11 is 0. The molecule has 0 unspecified atom stereocenters. The van der Waals surface area contributed by atoms with Crippen molar-refractivity contribution < 1.29 is 4.79 Å². The smallest absolute Gasteiger partial charge is 0.209 e. The summed E-state index contributed by atoms with van der Waals surface area (Å²) in [5, 5.41) is 3.47. The summed E-state index contributed by atoms with van der Waals surface area (Å²) in [6, 6.07) is 10.3. The number of piperazine rings is 1. The lowest BCUT2D eigenvalue weighted by Crippen LogP contribution is -2.46. The summed E-state index contributed by atoms with van der Waals surface area (Å²) in [5.74, 6) is 2.43. The van der Waals surface area contributed by atoms with Gasteiger partial charge >= 0.3 is 0 Å². The van der Waals surface area contributed by atoms with Crippen molar-refractivity contribution in [2.75, 3.05) is 36.4 Å². The van der Waals surface area contributed by atoms with E-state index in [9.17, 15) is 4.79 Å². The zero-order valence-electron chi connectivity index (χ0n) is 16.0. The average molecular weight is 353 g/mol. The SMILES string of the molecule is Cc1nc(Nc2ccccc2C(C)(C)C)cc(N2CCN(C=O)CC2)n1. The van der Waals surface area contributed by atoms with Crippen LogP contribution in [0.3, 0.4) is 0 Å². The Balaban J connectivity index is 1.84. The molecule has 0 spiro atoms. The first kappa shape index (κ1) is 18.2. The maximum atomic E-state index is 10.9. The Morgan fingerprint density at radius 1 is 1.08 bits per heavy atom. The molecule has 2 heterocycles. The first-order chi connectivity index (χ1) is 12.4. The first-order valence-electron chi connectivity index (χ1n) is 9.03. The fraction of sp³-hybridized carbons (Fsp3) is 0.450. The van der Waals surface area contributed by atoms with Gasteiger partial charge in [0.25, 0.3) is 0 Å². The van der Waals surface area contributed by atoms with Crippen LogP contribution in [0.1, 0.15) is 32.2 Å². The van der Waals surface area contributed by atoms with Crippen LogP contribution in [0.4, 0.5) is 17.3 Å². The molecule has 0 saturated carbocycles. The van der Waals surface area contributed by atoms with Gasteiger partial charge in [-0.05, 0) is 24.0 Å². The minimum atomic E-state index is 0.0413. The molecule has 1 amide bonds. The molecule has 6 nitrogen and oxygen atoms in total. The van der Waals surface area contributed by atoms with Crippen molar-refractivity contribution in [1.29, 1.82) is 0 Å². The summed E-state index contributed by atoms with van der Waals surface area (Å²) in [5.41, 5.74) is 2.35. The number of hydrogen-bond acceptors (Lipinski definition) is 5. The molecule has 1 saturated heterocycles. The lowest BCUT2D eigenvalue weighted by molar-refractivity contribution is -0.118. The second kappa shape index (κ2) is 7.32. The van der Waals surface area contributed by atoms with Crippen LogP contribution in [0.25, 0.3) is 0 Å². The van der Waals surface area contributed by atoms with E-state index in [1.807, 2.05) is 19.1 Å². The van der Waals surface area contributed by atoms with E-state index >= 15 is 0 Å². The van der Waals surface area contributed by atoms with E-state index in [0.717, 1.165) is 55.7 Å². The zero-order valence-corrected chi connectivity index (χ0v) is 16.0. The number of aromatic nitrogens is 2. The molecule has 0 atom stereocenters. The highest BCUT2D eigenvalue weighted by atomic mass is 16.1. The van der Waals surface area contributed by atoms with Crippen LogP contribution in [0.2, 0.25) is 0 Å². The van der Waals surface area contributed by atoms with Gasteiger partial charge in [0.2, 0.25) is 6.41 Å². The van der Waals surface area contributed by atoms with Crippen LogP contribution in [-0.4, -0.2) is 47.5 Å². The van der Waals surface area contributed by atoms with Gasteiger partial charge in [-0.15, -0.1) is 0 Å². The van der Waals surface area contributed by atoms with Gasteiger partial charge in [-0.1, -0.05) is 39.0 Å². The Labute approximate surface area is 155 Å². The van der Waals surface area contributed by atoms with Crippen molar-refractivity contribution in [2.45, 2.75) is 33.1 Å². The van der Waals surface area contributed by atoms with Gasteiger partial charge in [0.05, 0.1) is 0 Å². The normalized spacial score (nSPS) is 15.1. The number of aryl methyl sites for hydroxylation is 1. The summed E-state index contributed by atoms with van der Waals surface area (Å²) in [7, 11) is 0. The molecule has 1 fully saturated rings. The molecule has 0 radical (unpaired) electrons. The zero-order chi connectivity index (χ0) is 18.7. The number of anilines is 3. The van der Waals surface area contributed by atoms with Gasteiger partial charge in [-0.25, -0.2) is 9.97 Å². The van der Waals surface area contributed by atoms with Gasteiger partial charge in [-0.2, -0.15) is 0 Å². The van der Waals surface area contributed by atoms with Gasteiger partial charge in [0, 0.05) is 37.9 Å². The van der Waals surface area contributed by atoms with Crippen molar-refractivity contribution in [1.82, 2.24) is 14.9 Å². The monoisotopic (exact) mass is 353 g/mol. The molecule has 138 valence electrons.